The summed E-state index contributed by atoms with van der Waals surface area (Å²) in [6.45, 7) is 4.32. The van der Waals surface area contributed by atoms with Crippen LogP contribution < -0.4 is 5.32 Å². The van der Waals surface area contributed by atoms with E-state index in [2.05, 4.69) is 19.2 Å². The van der Waals surface area contributed by atoms with E-state index in [9.17, 15) is 10.2 Å². The summed E-state index contributed by atoms with van der Waals surface area (Å²) in [6, 6.07) is 0.320. The number of nitrogens with one attached hydrogen (secondary N) is 1. The molecule has 0 aromatic heterocycles. The summed E-state index contributed by atoms with van der Waals surface area (Å²) in [5, 5.41) is 23.8. The Balaban J connectivity index is 1.89. The van der Waals surface area contributed by atoms with Crippen LogP contribution in [0.3, 0.4) is 0 Å². The number of hydrogen-bond acceptors (Lipinski definition) is 3. The van der Waals surface area contributed by atoms with E-state index in [1.165, 1.54) is 12.8 Å². The lowest BCUT2D eigenvalue weighted by Crippen LogP contribution is -2.56. The lowest BCUT2D eigenvalue weighted by molar-refractivity contribution is -0.0563. The van der Waals surface area contributed by atoms with Crippen molar-refractivity contribution in [1.82, 2.24) is 5.32 Å². The van der Waals surface area contributed by atoms with Crippen LogP contribution in [0, 0.1) is 11.8 Å². The van der Waals surface area contributed by atoms with Crippen molar-refractivity contribution in [3.8, 4) is 0 Å². The fraction of sp³-hybridized carbons (Fsp3) is 1.00. The number of unbranched alkanes of at least 4 members (excludes halogenated alkanes) is 2. The number of aliphatic hydroxyl groups is 2. The zero-order valence-corrected chi connectivity index (χ0v) is 11.2. The second kappa shape index (κ2) is 5.25. The molecule has 5 atom stereocenters. The maximum atomic E-state index is 10.5. The van der Waals surface area contributed by atoms with Crippen LogP contribution >= 0.6 is 0 Å². The van der Waals surface area contributed by atoms with E-state index in [-0.39, 0.29) is 6.10 Å². The van der Waals surface area contributed by atoms with E-state index in [4.69, 9.17) is 0 Å². The van der Waals surface area contributed by atoms with Crippen LogP contribution in [-0.2, 0) is 0 Å². The van der Waals surface area contributed by atoms with Gasteiger partial charge in [0, 0.05) is 6.04 Å². The Morgan fingerprint density at radius 1 is 1.35 bits per heavy atom. The molecule has 100 valence electrons. The highest BCUT2D eigenvalue weighted by atomic mass is 16.3. The van der Waals surface area contributed by atoms with Crippen LogP contribution in [0.25, 0.3) is 0 Å². The van der Waals surface area contributed by atoms with Crippen molar-refractivity contribution in [2.45, 2.75) is 76.7 Å². The van der Waals surface area contributed by atoms with Crippen LogP contribution in [-0.4, -0.2) is 28.1 Å². The fourth-order valence-electron chi connectivity index (χ4n) is 3.62. The molecule has 2 aliphatic rings. The molecule has 1 aliphatic heterocycles. The Labute approximate surface area is 105 Å². The maximum absolute atomic E-state index is 10.5. The summed E-state index contributed by atoms with van der Waals surface area (Å²) in [5.74, 6) is 0.934. The largest absolute Gasteiger partial charge is 0.393 e. The Kier molecular flexibility index (Phi) is 4.11. The minimum atomic E-state index is -0.667. The Bertz CT molecular complexity index is 259. The molecule has 1 saturated heterocycles. The molecule has 17 heavy (non-hydrogen) atoms. The van der Waals surface area contributed by atoms with E-state index in [1.807, 2.05) is 0 Å². The molecule has 3 nitrogen and oxygen atoms in total. The number of fused-ring (bicyclic) bond motifs is 1. The molecule has 0 aromatic rings. The average molecular weight is 241 g/mol. The minimum Gasteiger partial charge on any atom is -0.393 e. The van der Waals surface area contributed by atoms with Gasteiger partial charge in [0.25, 0.3) is 0 Å². The molecule has 0 spiro atoms. The van der Waals surface area contributed by atoms with Crippen molar-refractivity contribution in [2.24, 2.45) is 11.8 Å². The molecule has 2 unspecified atom stereocenters. The molecule has 0 radical (unpaired) electrons. The fourth-order valence-corrected chi connectivity index (χ4v) is 3.62. The van der Waals surface area contributed by atoms with Crippen molar-refractivity contribution < 1.29 is 10.2 Å². The van der Waals surface area contributed by atoms with Gasteiger partial charge in [0.15, 0.2) is 0 Å². The molecule has 1 heterocycles. The van der Waals surface area contributed by atoms with E-state index in [0.29, 0.717) is 17.9 Å². The van der Waals surface area contributed by atoms with Crippen molar-refractivity contribution in [2.75, 3.05) is 0 Å². The van der Waals surface area contributed by atoms with Gasteiger partial charge in [-0.25, -0.2) is 0 Å². The minimum absolute atomic E-state index is 0.185. The zero-order chi connectivity index (χ0) is 12.5. The summed E-state index contributed by atoms with van der Waals surface area (Å²) in [6.07, 6.45) is 6.85. The summed E-state index contributed by atoms with van der Waals surface area (Å²) < 4.78 is 0. The quantitative estimate of drug-likeness (QED) is 0.660. The third-order valence-electron chi connectivity index (χ3n) is 4.83. The van der Waals surface area contributed by atoms with Gasteiger partial charge < -0.3 is 10.2 Å². The first-order valence-electron chi connectivity index (χ1n) is 7.24. The number of aliphatic hydroxyl groups excluding tert-OH is 1. The van der Waals surface area contributed by atoms with Gasteiger partial charge >= 0.3 is 0 Å². The molecule has 0 amide bonds. The van der Waals surface area contributed by atoms with Crippen LogP contribution in [0.1, 0.15) is 58.8 Å². The topological polar surface area (TPSA) is 52.5 Å². The molecule has 0 bridgehead atoms. The number of rotatable bonds is 4. The van der Waals surface area contributed by atoms with Crippen LogP contribution in [0.4, 0.5) is 0 Å². The molecule has 3 N–H and O–H groups in total. The highest BCUT2D eigenvalue weighted by Gasteiger charge is 2.46. The van der Waals surface area contributed by atoms with Gasteiger partial charge in [-0.2, -0.15) is 0 Å². The molecule has 2 rings (SSSR count). The predicted octanol–water partition coefficient (Wildman–Crippen LogP) is 2.02. The molecule has 2 fully saturated rings. The Hall–Kier alpha value is -0.120. The molecule has 0 aromatic carbocycles. The maximum Gasteiger partial charge on any atom is 0.116 e. The summed E-state index contributed by atoms with van der Waals surface area (Å²) >= 11 is 0. The van der Waals surface area contributed by atoms with Gasteiger partial charge in [-0.15, -0.1) is 0 Å². The van der Waals surface area contributed by atoms with Gasteiger partial charge in [0.2, 0.25) is 0 Å². The second-order valence-corrected chi connectivity index (χ2v) is 6.10. The Morgan fingerprint density at radius 3 is 2.82 bits per heavy atom. The van der Waals surface area contributed by atoms with E-state index >= 15 is 0 Å². The van der Waals surface area contributed by atoms with Gasteiger partial charge in [0.1, 0.15) is 5.72 Å². The van der Waals surface area contributed by atoms with Gasteiger partial charge in [0.05, 0.1) is 6.10 Å². The molecule has 3 heteroatoms. The highest BCUT2D eigenvalue weighted by molar-refractivity contribution is 5.00. The molecular weight excluding hydrogens is 214 g/mol. The van der Waals surface area contributed by atoms with E-state index < -0.39 is 5.72 Å². The standard InChI is InChI=1S/C14H27NO2/c1-3-4-5-7-14(17)8-6-11-10(2)13(16)9-12(11)15-14/h10-13,15-17H,3-9H2,1-2H3/t10?,11-,12-,13+,14?/m1/s1. The second-order valence-electron chi connectivity index (χ2n) is 6.10. The summed E-state index contributed by atoms with van der Waals surface area (Å²) in [7, 11) is 0. The van der Waals surface area contributed by atoms with Crippen molar-refractivity contribution in [3.63, 3.8) is 0 Å². The summed E-state index contributed by atoms with van der Waals surface area (Å²) in [5.41, 5.74) is -0.667. The summed E-state index contributed by atoms with van der Waals surface area (Å²) in [4.78, 5) is 0. The average Bonchev–Trinajstić information content (AvgIpc) is 2.54. The van der Waals surface area contributed by atoms with Crippen LogP contribution in [0.15, 0.2) is 0 Å². The molecule has 1 aliphatic carbocycles. The van der Waals surface area contributed by atoms with Gasteiger partial charge in [-0.3, -0.25) is 5.32 Å². The third kappa shape index (κ3) is 2.83. The molecular formula is C14H27NO2. The smallest absolute Gasteiger partial charge is 0.116 e. The van der Waals surface area contributed by atoms with Gasteiger partial charge in [-0.1, -0.05) is 26.7 Å². The Morgan fingerprint density at radius 2 is 2.12 bits per heavy atom. The number of piperidine rings is 1. The van der Waals surface area contributed by atoms with Crippen LogP contribution in [0.5, 0.6) is 0 Å². The van der Waals surface area contributed by atoms with Crippen molar-refractivity contribution in [3.05, 3.63) is 0 Å². The SMILES string of the molecule is CCCCCC1(O)CC[C@@H]2C(C)[C@@H](O)C[C@H]2N1. The zero-order valence-electron chi connectivity index (χ0n) is 11.2. The lowest BCUT2D eigenvalue weighted by atomic mass is 9.82. The lowest BCUT2D eigenvalue weighted by Gasteiger charge is -2.41. The van der Waals surface area contributed by atoms with Crippen LogP contribution in [0.2, 0.25) is 0 Å². The van der Waals surface area contributed by atoms with E-state index in [0.717, 1.165) is 32.1 Å². The van der Waals surface area contributed by atoms with Gasteiger partial charge in [-0.05, 0) is 43.9 Å². The van der Waals surface area contributed by atoms with E-state index in [1.54, 1.807) is 0 Å². The van der Waals surface area contributed by atoms with Crippen molar-refractivity contribution in [1.29, 1.82) is 0 Å². The first kappa shape index (κ1) is 13.3. The monoisotopic (exact) mass is 241 g/mol. The normalized spacial score (nSPS) is 45.9. The number of hydrogen-bond donors (Lipinski definition) is 3. The third-order valence-corrected chi connectivity index (χ3v) is 4.83. The predicted molar refractivity (Wildman–Crippen MR) is 68.5 cm³/mol. The highest BCUT2D eigenvalue weighted by Crippen LogP contribution is 2.41. The first-order valence-corrected chi connectivity index (χ1v) is 7.24. The first-order chi connectivity index (χ1) is 8.06. The van der Waals surface area contributed by atoms with Crippen molar-refractivity contribution >= 4 is 0 Å². The molecule has 1 saturated carbocycles.